The Balaban J connectivity index is 2.65. The van der Waals surface area contributed by atoms with Gasteiger partial charge in [0.15, 0.2) is 0 Å². The van der Waals surface area contributed by atoms with Crippen LogP contribution in [0, 0.1) is 3.57 Å². The largest absolute Gasteiger partial charge is 0.338 e. The van der Waals surface area contributed by atoms with E-state index in [9.17, 15) is 0 Å². The van der Waals surface area contributed by atoms with E-state index >= 15 is 0 Å². The molecule has 0 amide bonds. The molecule has 0 N–H and O–H groups in total. The zero-order chi connectivity index (χ0) is 12.0. The van der Waals surface area contributed by atoms with Gasteiger partial charge >= 0.3 is 0 Å². The van der Waals surface area contributed by atoms with E-state index in [4.69, 9.17) is 0 Å². The van der Waals surface area contributed by atoms with Gasteiger partial charge in [0.05, 0.1) is 0 Å². The minimum absolute atomic E-state index is 0.455. The zero-order valence-corrected chi connectivity index (χ0v) is 12.4. The predicted molar refractivity (Wildman–Crippen MR) is 76.8 cm³/mol. The predicted octanol–water partition coefficient (Wildman–Crippen LogP) is 3.49. The summed E-state index contributed by atoms with van der Waals surface area (Å²) in [6.07, 6.45) is 7.48. The van der Waals surface area contributed by atoms with Crippen LogP contribution in [0.15, 0.2) is 12.4 Å². The molecule has 1 rings (SSSR count). The van der Waals surface area contributed by atoms with Crippen molar-refractivity contribution in [3.05, 3.63) is 16.0 Å². The average molecular weight is 333 g/mol. The summed E-state index contributed by atoms with van der Waals surface area (Å²) in [5.41, 5.74) is 0. The molecule has 0 aliphatic carbocycles. The van der Waals surface area contributed by atoms with Crippen molar-refractivity contribution in [2.24, 2.45) is 0 Å². The maximum absolute atomic E-state index is 4.39. The molecule has 1 aromatic heterocycles. The van der Waals surface area contributed by atoms with Crippen molar-refractivity contribution in [3.63, 3.8) is 0 Å². The fourth-order valence-electron chi connectivity index (χ4n) is 1.58. The lowest BCUT2D eigenvalue weighted by atomic mass is 10.2. The van der Waals surface area contributed by atoms with Crippen LogP contribution in [0.3, 0.4) is 0 Å². The summed E-state index contributed by atoms with van der Waals surface area (Å²) in [6, 6.07) is 0.455. The van der Waals surface area contributed by atoms with Gasteiger partial charge in [-0.05, 0) is 42.9 Å². The third-order valence-electron chi connectivity index (χ3n) is 2.49. The van der Waals surface area contributed by atoms with Crippen LogP contribution in [-0.2, 0) is 0 Å². The SMILES string of the molecule is CCCCCN(c1ncc(I)cn1)C(C)C. The van der Waals surface area contributed by atoms with Crippen LogP contribution >= 0.6 is 22.6 Å². The lowest BCUT2D eigenvalue weighted by Crippen LogP contribution is -2.33. The topological polar surface area (TPSA) is 29.0 Å². The molecule has 1 aromatic rings. The molecule has 0 saturated heterocycles. The first-order valence-corrected chi connectivity index (χ1v) is 6.97. The molecule has 3 nitrogen and oxygen atoms in total. The van der Waals surface area contributed by atoms with Crippen molar-refractivity contribution in [1.82, 2.24) is 9.97 Å². The second kappa shape index (κ2) is 7.04. The van der Waals surface area contributed by atoms with Crippen molar-refractivity contribution in [1.29, 1.82) is 0 Å². The Morgan fingerprint density at radius 2 is 1.88 bits per heavy atom. The van der Waals surface area contributed by atoms with E-state index in [0.29, 0.717) is 6.04 Å². The Bertz CT molecular complexity index is 298. The first-order valence-electron chi connectivity index (χ1n) is 5.89. The monoisotopic (exact) mass is 333 g/mol. The quantitative estimate of drug-likeness (QED) is 0.589. The minimum atomic E-state index is 0.455. The molecule has 0 spiro atoms. The van der Waals surface area contributed by atoms with Crippen molar-refractivity contribution < 1.29 is 0 Å². The van der Waals surface area contributed by atoms with E-state index in [1.165, 1.54) is 19.3 Å². The van der Waals surface area contributed by atoms with Gasteiger partial charge in [-0.3, -0.25) is 0 Å². The maximum Gasteiger partial charge on any atom is 0.225 e. The molecular weight excluding hydrogens is 313 g/mol. The molecule has 0 atom stereocenters. The number of hydrogen-bond acceptors (Lipinski definition) is 3. The van der Waals surface area contributed by atoms with E-state index < -0.39 is 0 Å². The summed E-state index contributed by atoms with van der Waals surface area (Å²) in [4.78, 5) is 11.0. The third kappa shape index (κ3) is 4.23. The van der Waals surface area contributed by atoms with Crippen LogP contribution in [-0.4, -0.2) is 22.6 Å². The molecule has 16 heavy (non-hydrogen) atoms. The number of rotatable bonds is 6. The Kier molecular flexibility index (Phi) is 6.01. The Morgan fingerprint density at radius 3 is 2.38 bits per heavy atom. The van der Waals surface area contributed by atoms with Crippen LogP contribution in [0.4, 0.5) is 5.95 Å². The molecule has 0 aromatic carbocycles. The fourth-order valence-corrected chi connectivity index (χ4v) is 1.85. The highest BCUT2D eigenvalue weighted by Crippen LogP contribution is 2.13. The lowest BCUT2D eigenvalue weighted by molar-refractivity contribution is 0.612. The number of aromatic nitrogens is 2. The van der Waals surface area contributed by atoms with E-state index in [2.05, 4.69) is 58.2 Å². The Labute approximate surface area is 112 Å². The van der Waals surface area contributed by atoms with Crippen molar-refractivity contribution in [2.45, 2.75) is 46.1 Å². The molecule has 0 aliphatic rings. The fraction of sp³-hybridized carbons (Fsp3) is 0.667. The van der Waals surface area contributed by atoms with Gasteiger partial charge < -0.3 is 4.90 Å². The molecule has 4 heteroatoms. The van der Waals surface area contributed by atoms with E-state index in [0.717, 1.165) is 16.1 Å². The zero-order valence-electron chi connectivity index (χ0n) is 10.3. The molecule has 90 valence electrons. The van der Waals surface area contributed by atoms with Gasteiger partial charge in [0, 0.05) is 28.6 Å². The number of unbranched alkanes of at least 4 members (excludes halogenated alkanes) is 2. The van der Waals surface area contributed by atoms with Gasteiger partial charge in [0.1, 0.15) is 0 Å². The number of hydrogen-bond donors (Lipinski definition) is 0. The van der Waals surface area contributed by atoms with Gasteiger partial charge in [0.25, 0.3) is 0 Å². The molecule has 0 bridgehead atoms. The van der Waals surface area contributed by atoms with Crippen LogP contribution < -0.4 is 4.90 Å². The first kappa shape index (κ1) is 13.7. The van der Waals surface area contributed by atoms with Gasteiger partial charge in [-0.2, -0.15) is 0 Å². The first-order chi connectivity index (χ1) is 7.65. The summed E-state index contributed by atoms with van der Waals surface area (Å²) < 4.78 is 1.08. The molecule has 0 aliphatic heterocycles. The molecular formula is C12H20IN3. The molecule has 0 saturated carbocycles. The van der Waals surface area contributed by atoms with Crippen molar-refractivity contribution >= 4 is 28.5 Å². The van der Waals surface area contributed by atoms with Crippen molar-refractivity contribution in [3.8, 4) is 0 Å². The summed E-state index contributed by atoms with van der Waals surface area (Å²) in [5.74, 6) is 0.853. The minimum Gasteiger partial charge on any atom is -0.338 e. The van der Waals surface area contributed by atoms with E-state index in [1.807, 2.05) is 12.4 Å². The summed E-state index contributed by atoms with van der Waals surface area (Å²) in [6.45, 7) is 7.65. The smallest absolute Gasteiger partial charge is 0.225 e. The van der Waals surface area contributed by atoms with Crippen LogP contribution in [0.25, 0.3) is 0 Å². The van der Waals surface area contributed by atoms with Gasteiger partial charge in [-0.15, -0.1) is 0 Å². The third-order valence-corrected chi connectivity index (χ3v) is 3.05. The molecule has 0 unspecified atom stereocenters. The highest BCUT2D eigenvalue weighted by molar-refractivity contribution is 14.1. The average Bonchev–Trinajstić information content (AvgIpc) is 2.26. The summed E-state index contributed by atoms with van der Waals surface area (Å²) in [5, 5.41) is 0. The van der Waals surface area contributed by atoms with E-state index in [1.54, 1.807) is 0 Å². The van der Waals surface area contributed by atoms with Crippen molar-refractivity contribution in [2.75, 3.05) is 11.4 Å². The van der Waals surface area contributed by atoms with E-state index in [-0.39, 0.29) is 0 Å². The highest BCUT2D eigenvalue weighted by Gasteiger charge is 2.12. The van der Waals surface area contributed by atoms with Crippen LogP contribution in [0.1, 0.15) is 40.0 Å². The number of nitrogens with zero attached hydrogens (tertiary/aromatic N) is 3. The summed E-state index contributed by atoms with van der Waals surface area (Å²) >= 11 is 2.23. The molecule has 0 fully saturated rings. The maximum atomic E-state index is 4.39. The van der Waals surface area contributed by atoms with Gasteiger partial charge in [-0.1, -0.05) is 19.8 Å². The van der Waals surface area contributed by atoms with Crippen LogP contribution in [0.2, 0.25) is 0 Å². The molecule has 1 heterocycles. The Morgan fingerprint density at radius 1 is 1.25 bits per heavy atom. The molecule has 0 radical (unpaired) electrons. The normalized spacial score (nSPS) is 10.8. The second-order valence-electron chi connectivity index (χ2n) is 4.20. The van der Waals surface area contributed by atoms with Crippen LogP contribution in [0.5, 0.6) is 0 Å². The summed E-state index contributed by atoms with van der Waals surface area (Å²) in [7, 11) is 0. The standard InChI is InChI=1S/C12H20IN3/c1-4-5-6-7-16(10(2)3)12-14-8-11(13)9-15-12/h8-10H,4-7H2,1-3H3. The van der Waals surface area contributed by atoms with Gasteiger partial charge in [0.2, 0.25) is 5.95 Å². The number of anilines is 1. The Hall–Kier alpha value is -0.390. The second-order valence-corrected chi connectivity index (χ2v) is 5.44. The highest BCUT2D eigenvalue weighted by atomic mass is 127. The van der Waals surface area contributed by atoms with Gasteiger partial charge in [-0.25, -0.2) is 9.97 Å². The lowest BCUT2D eigenvalue weighted by Gasteiger charge is -2.26. The number of halogens is 1.